The summed E-state index contributed by atoms with van der Waals surface area (Å²) in [7, 11) is 0. The van der Waals surface area contributed by atoms with Gasteiger partial charge in [0.1, 0.15) is 5.75 Å². The van der Waals surface area contributed by atoms with Gasteiger partial charge in [-0.05, 0) is 12.1 Å². The molecular weight excluding hydrogens is 270 g/mol. The number of nitro groups is 1. The molecule has 0 bridgehead atoms. The maximum atomic E-state index is 11.5. The summed E-state index contributed by atoms with van der Waals surface area (Å²) >= 11 is 1.30. The average Bonchev–Trinajstić information content (AvgIpc) is 2.89. The summed E-state index contributed by atoms with van der Waals surface area (Å²) in [5.74, 6) is 0.0493. The van der Waals surface area contributed by atoms with Crippen LogP contribution in [0, 0.1) is 10.1 Å². The summed E-state index contributed by atoms with van der Waals surface area (Å²) < 4.78 is 5.19. The van der Waals surface area contributed by atoms with Crippen molar-refractivity contribution in [1.82, 2.24) is 4.98 Å². The first-order valence-corrected chi connectivity index (χ1v) is 6.10. The molecule has 1 N–H and O–H groups in total. The second-order valence-corrected chi connectivity index (χ2v) is 4.32. The summed E-state index contributed by atoms with van der Waals surface area (Å²) in [5.41, 5.74) is -0.0282. The molecular formula is C11H9N3O4S. The number of non-ortho nitro benzene ring substituents is 1. The topological polar surface area (TPSA) is 94.4 Å². The zero-order chi connectivity index (χ0) is 13.7. The lowest BCUT2D eigenvalue weighted by Gasteiger charge is -2.05. The third-order valence-corrected chi connectivity index (χ3v) is 2.78. The van der Waals surface area contributed by atoms with E-state index in [0.717, 1.165) is 0 Å². The Labute approximate surface area is 112 Å². The van der Waals surface area contributed by atoms with Gasteiger partial charge in [-0.25, -0.2) is 4.98 Å². The highest BCUT2D eigenvalue weighted by molar-refractivity contribution is 7.13. The van der Waals surface area contributed by atoms with Crippen LogP contribution in [0.25, 0.3) is 0 Å². The smallest absolute Gasteiger partial charge is 0.269 e. The number of benzene rings is 1. The maximum Gasteiger partial charge on any atom is 0.269 e. The number of nitrogens with zero attached hydrogens (tertiary/aromatic N) is 2. The molecule has 1 aromatic heterocycles. The summed E-state index contributed by atoms with van der Waals surface area (Å²) in [6.45, 7) is -0.183. The van der Waals surface area contributed by atoms with Crippen molar-refractivity contribution in [3.8, 4) is 5.75 Å². The molecule has 0 fully saturated rings. The highest BCUT2D eigenvalue weighted by atomic mass is 32.1. The molecule has 2 aromatic rings. The van der Waals surface area contributed by atoms with E-state index < -0.39 is 4.92 Å². The molecule has 2 rings (SSSR count). The fourth-order valence-electron chi connectivity index (χ4n) is 1.25. The molecule has 0 atom stereocenters. The number of anilines is 1. The Hall–Kier alpha value is -2.48. The fraction of sp³-hybridized carbons (Fsp3) is 0.0909. The standard InChI is InChI=1S/C11H9N3O4S/c15-10(13-11-12-5-6-19-11)7-18-9-3-1-8(2-4-9)14(16)17/h1-6H,7H2,(H,12,13,15). The minimum Gasteiger partial charge on any atom is -0.484 e. The van der Waals surface area contributed by atoms with Crippen LogP contribution in [0.3, 0.4) is 0 Å². The number of nitrogens with one attached hydrogen (secondary N) is 1. The normalized spacial score (nSPS) is 9.89. The first kappa shape index (κ1) is 13.0. The minimum absolute atomic E-state index is 0.0282. The van der Waals surface area contributed by atoms with Crippen molar-refractivity contribution < 1.29 is 14.5 Å². The Balaban J connectivity index is 1.84. The van der Waals surface area contributed by atoms with Gasteiger partial charge in [0.2, 0.25) is 0 Å². The van der Waals surface area contributed by atoms with E-state index in [1.54, 1.807) is 11.6 Å². The summed E-state index contributed by atoms with van der Waals surface area (Å²) in [6.07, 6.45) is 1.58. The molecule has 7 nitrogen and oxygen atoms in total. The second-order valence-electron chi connectivity index (χ2n) is 3.43. The van der Waals surface area contributed by atoms with Gasteiger partial charge in [0.05, 0.1) is 4.92 Å². The van der Waals surface area contributed by atoms with Crippen molar-refractivity contribution in [2.75, 3.05) is 11.9 Å². The van der Waals surface area contributed by atoms with E-state index >= 15 is 0 Å². The predicted octanol–water partition coefficient (Wildman–Crippen LogP) is 2.07. The van der Waals surface area contributed by atoms with Crippen LogP contribution in [0.15, 0.2) is 35.8 Å². The van der Waals surface area contributed by atoms with Gasteiger partial charge in [0.25, 0.3) is 11.6 Å². The van der Waals surface area contributed by atoms with Gasteiger partial charge in [0.15, 0.2) is 11.7 Å². The molecule has 8 heteroatoms. The van der Waals surface area contributed by atoms with Gasteiger partial charge in [0, 0.05) is 23.7 Å². The van der Waals surface area contributed by atoms with Crippen molar-refractivity contribution in [3.05, 3.63) is 46.0 Å². The van der Waals surface area contributed by atoms with Crippen LogP contribution in [0.5, 0.6) is 5.75 Å². The summed E-state index contributed by atoms with van der Waals surface area (Å²) in [4.78, 5) is 25.3. The highest BCUT2D eigenvalue weighted by Gasteiger charge is 2.07. The van der Waals surface area contributed by atoms with Gasteiger partial charge in [-0.3, -0.25) is 20.2 Å². The molecule has 98 valence electrons. The molecule has 0 saturated heterocycles. The molecule has 19 heavy (non-hydrogen) atoms. The quantitative estimate of drug-likeness (QED) is 0.667. The lowest BCUT2D eigenvalue weighted by molar-refractivity contribution is -0.384. The number of ether oxygens (including phenoxy) is 1. The van der Waals surface area contributed by atoms with Crippen LogP contribution >= 0.6 is 11.3 Å². The van der Waals surface area contributed by atoms with Gasteiger partial charge in [-0.2, -0.15) is 0 Å². The van der Waals surface area contributed by atoms with Crippen LogP contribution in [0.2, 0.25) is 0 Å². The van der Waals surface area contributed by atoms with E-state index in [4.69, 9.17) is 4.74 Å². The Morgan fingerprint density at radius 1 is 1.42 bits per heavy atom. The molecule has 0 unspecified atom stereocenters. The van der Waals surface area contributed by atoms with Crippen molar-refractivity contribution in [2.45, 2.75) is 0 Å². The molecule has 1 aromatic carbocycles. The van der Waals surface area contributed by atoms with E-state index in [1.165, 1.54) is 35.6 Å². The predicted molar refractivity (Wildman–Crippen MR) is 69.3 cm³/mol. The van der Waals surface area contributed by atoms with Crippen molar-refractivity contribution in [3.63, 3.8) is 0 Å². The molecule has 1 amide bonds. The lowest BCUT2D eigenvalue weighted by atomic mass is 10.3. The molecule has 0 aliphatic heterocycles. The van der Waals surface area contributed by atoms with E-state index in [-0.39, 0.29) is 18.2 Å². The van der Waals surface area contributed by atoms with Gasteiger partial charge in [-0.1, -0.05) is 0 Å². The number of aromatic nitrogens is 1. The Morgan fingerprint density at radius 2 is 2.16 bits per heavy atom. The number of carbonyl (C=O) groups excluding carboxylic acids is 1. The van der Waals surface area contributed by atoms with Crippen molar-refractivity contribution in [1.29, 1.82) is 0 Å². The van der Waals surface area contributed by atoms with Crippen LogP contribution in [-0.4, -0.2) is 22.4 Å². The third kappa shape index (κ3) is 3.75. The number of hydrogen-bond donors (Lipinski definition) is 1. The first-order chi connectivity index (χ1) is 9.15. The zero-order valence-electron chi connectivity index (χ0n) is 9.61. The van der Waals surface area contributed by atoms with Gasteiger partial charge in [-0.15, -0.1) is 11.3 Å². The summed E-state index contributed by atoms with van der Waals surface area (Å²) in [6, 6.07) is 5.51. The Kier molecular flexibility index (Phi) is 4.04. The summed E-state index contributed by atoms with van der Waals surface area (Å²) in [5, 5.41) is 15.2. The van der Waals surface area contributed by atoms with Crippen LogP contribution < -0.4 is 10.1 Å². The van der Waals surface area contributed by atoms with E-state index in [2.05, 4.69) is 10.3 Å². The van der Waals surface area contributed by atoms with Crippen LogP contribution in [-0.2, 0) is 4.79 Å². The van der Waals surface area contributed by atoms with Gasteiger partial charge >= 0.3 is 0 Å². The van der Waals surface area contributed by atoms with E-state index in [9.17, 15) is 14.9 Å². The van der Waals surface area contributed by atoms with Crippen molar-refractivity contribution in [2.24, 2.45) is 0 Å². The third-order valence-electron chi connectivity index (χ3n) is 2.10. The molecule has 0 radical (unpaired) electrons. The average molecular weight is 279 g/mol. The number of amides is 1. The molecule has 0 saturated carbocycles. The monoisotopic (exact) mass is 279 g/mol. The molecule has 1 heterocycles. The SMILES string of the molecule is O=C(COc1ccc([N+](=O)[O-])cc1)Nc1nccs1. The second kappa shape index (κ2) is 5.91. The molecule has 0 aliphatic rings. The Morgan fingerprint density at radius 3 is 2.74 bits per heavy atom. The number of rotatable bonds is 5. The van der Waals surface area contributed by atoms with E-state index in [0.29, 0.717) is 10.9 Å². The number of thiazole rings is 1. The minimum atomic E-state index is -0.501. The fourth-order valence-corrected chi connectivity index (χ4v) is 1.80. The van der Waals surface area contributed by atoms with Crippen LogP contribution in [0.1, 0.15) is 0 Å². The van der Waals surface area contributed by atoms with Crippen molar-refractivity contribution >= 4 is 28.1 Å². The largest absolute Gasteiger partial charge is 0.484 e. The number of nitro benzene ring substituents is 1. The molecule has 0 spiro atoms. The molecule has 0 aliphatic carbocycles. The zero-order valence-corrected chi connectivity index (χ0v) is 10.4. The lowest BCUT2D eigenvalue weighted by Crippen LogP contribution is -2.19. The number of hydrogen-bond acceptors (Lipinski definition) is 6. The van der Waals surface area contributed by atoms with Crippen LogP contribution in [0.4, 0.5) is 10.8 Å². The van der Waals surface area contributed by atoms with Gasteiger partial charge < -0.3 is 4.74 Å². The highest BCUT2D eigenvalue weighted by Crippen LogP contribution is 2.17. The number of carbonyl (C=O) groups is 1. The van der Waals surface area contributed by atoms with E-state index in [1.807, 2.05) is 0 Å². The Bertz CT molecular complexity index is 568. The first-order valence-electron chi connectivity index (χ1n) is 5.22. The maximum absolute atomic E-state index is 11.5.